The smallest absolute Gasteiger partial charge is 0.160 e. The Hall–Kier alpha value is -1.95. The van der Waals surface area contributed by atoms with Gasteiger partial charge in [-0.15, -0.1) is 16.7 Å². The third kappa shape index (κ3) is 2.90. The van der Waals surface area contributed by atoms with Crippen LogP contribution in [-0.4, -0.2) is 29.5 Å². The molecule has 0 saturated carbocycles. The van der Waals surface area contributed by atoms with Crippen molar-refractivity contribution in [1.82, 2.24) is 29.5 Å². The zero-order chi connectivity index (χ0) is 14.8. The molecule has 3 heterocycles. The van der Waals surface area contributed by atoms with Crippen molar-refractivity contribution < 1.29 is 0 Å². The maximum absolute atomic E-state index is 6.26. The van der Waals surface area contributed by atoms with Gasteiger partial charge in [-0.1, -0.05) is 5.21 Å². The quantitative estimate of drug-likeness (QED) is 0.680. The average molecular weight is 305 g/mol. The molecule has 7 heteroatoms. The lowest BCUT2D eigenvalue weighted by Crippen LogP contribution is -2.09. The summed E-state index contributed by atoms with van der Waals surface area (Å²) in [5, 5.41) is 7.63. The van der Waals surface area contributed by atoms with Crippen LogP contribution in [-0.2, 0) is 13.1 Å². The Morgan fingerprint density at radius 1 is 1.24 bits per heavy atom. The van der Waals surface area contributed by atoms with Gasteiger partial charge in [0, 0.05) is 25.0 Å². The van der Waals surface area contributed by atoms with Crippen LogP contribution >= 0.6 is 11.6 Å². The second-order valence-corrected chi connectivity index (χ2v) is 5.71. The van der Waals surface area contributed by atoms with Gasteiger partial charge in [0.05, 0.1) is 11.6 Å². The van der Waals surface area contributed by atoms with E-state index in [1.807, 2.05) is 36.9 Å². The number of aromatic nitrogens is 6. The number of pyridine rings is 1. The van der Waals surface area contributed by atoms with Gasteiger partial charge in [0.25, 0.3) is 0 Å². The normalized spacial score (nSPS) is 12.9. The van der Waals surface area contributed by atoms with Gasteiger partial charge < -0.3 is 4.57 Å². The van der Waals surface area contributed by atoms with E-state index in [1.54, 1.807) is 6.20 Å². The van der Waals surface area contributed by atoms with E-state index in [0.29, 0.717) is 0 Å². The van der Waals surface area contributed by atoms with Crippen molar-refractivity contribution in [3.8, 4) is 0 Å². The predicted molar refractivity (Wildman–Crippen MR) is 81.2 cm³/mol. The van der Waals surface area contributed by atoms with Gasteiger partial charge in [-0.05, 0) is 32.4 Å². The number of rotatable bonds is 5. The first-order valence-electron chi connectivity index (χ1n) is 6.97. The van der Waals surface area contributed by atoms with Crippen molar-refractivity contribution in [2.75, 3.05) is 0 Å². The lowest BCUT2D eigenvalue weighted by molar-refractivity contribution is 0.510. The van der Waals surface area contributed by atoms with E-state index < -0.39 is 0 Å². The van der Waals surface area contributed by atoms with Crippen LogP contribution in [0, 0.1) is 6.92 Å². The summed E-state index contributed by atoms with van der Waals surface area (Å²) in [6, 6.07) is 3.96. The van der Waals surface area contributed by atoms with Gasteiger partial charge in [-0.2, -0.15) is 0 Å². The van der Waals surface area contributed by atoms with Crippen LogP contribution < -0.4 is 0 Å². The molecule has 0 aliphatic carbocycles. The first-order valence-corrected chi connectivity index (χ1v) is 7.41. The molecule has 0 saturated heterocycles. The number of imidazole rings is 1. The Kier molecular flexibility index (Phi) is 3.88. The van der Waals surface area contributed by atoms with Crippen molar-refractivity contribution in [3.05, 3.63) is 36.0 Å². The first-order chi connectivity index (χ1) is 10.1. The highest BCUT2D eigenvalue weighted by Crippen LogP contribution is 2.24. The fourth-order valence-electron chi connectivity index (χ4n) is 2.38. The van der Waals surface area contributed by atoms with E-state index in [0.717, 1.165) is 42.2 Å². The highest BCUT2D eigenvalue weighted by molar-refractivity contribution is 6.20. The summed E-state index contributed by atoms with van der Waals surface area (Å²) in [4.78, 5) is 9.20. The molecule has 110 valence electrons. The summed E-state index contributed by atoms with van der Waals surface area (Å²) in [5.41, 5.74) is 2.77. The second-order valence-electron chi connectivity index (χ2n) is 5.05. The Balaban J connectivity index is 1.87. The molecule has 0 aliphatic heterocycles. The lowest BCUT2D eigenvalue weighted by Gasteiger charge is -2.10. The molecule has 1 atom stereocenters. The van der Waals surface area contributed by atoms with Gasteiger partial charge in [0.1, 0.15) is 11.3 Å². The molecule has 3 aromatic heterocycles. The SMILES string of the molecule is Cc1ccc2nc(C(C)Cl)n(CCCn3ccnn3)c2n1. The van der Waals surface area contributed by atoms with Gasteiger partial charge in [0.15, 0.2) is 5.65 Å². The van der Waals surface area contributed by atoms with E-state index in [-0.39, 0.29) is 5.38 Å². The minimum Gasteiger partial charge on any atom is -0.311 e. The highest BCUT2D eigenvalue weighted by Gasteiger charge is 2.15. The summed E-state index contributed by atoms with van der Waals surface area (Å²) in [6.07, 6.45) is 4.46. The van der Waals surface area contributed by atoms with Gasteiger partial charge >= 0.3 is 0 Å². The maximum atomic E-state index is 6.26. The molecule has 0 aliphatic rings. The molecule has 0 fully saturated rings. The molecule has 0 amide bonds. The number of hydrogen-bond donors (Lipinski definition) is 0. The van der Waals surface area contributed by atoms with Crippen molar-refractivity contribution >= 4 is 22.8 Å². The zero-order valence-electron chi connectivity index (χ0n) is 12.1. The Labute approximate surface area is 127 Å². The molecule has 0 N–H and O–H groups in total. The lowest BCUT2D eigenvalue weighted by atomic mass is 10.3. The third-order valence-corrected chi connectivity index (χ3v) is 3.55. The van der Waals surface area contributed by atoms with E-state index in [1.165, 1.54) is 0 Å². The number of nitrogens with zero attached hydrogens (tertiary/aromatic N) is 6. The van der Waals surface area contributed by atoms with Crippen LogP contribution in [0.5, 0.6) is 0 Å². The van der Waals surface area contributed by atoms with E-state index >= 15 is 0 Å². The summed E-state index contributed by atoms with van der Waals surface area (Å²) in [5.74, 6) is 0.864. The standard InChI is InChI=1S/C14H17ClN6/c1-10-4-5-12-14(17-10)21(13(18-12)11(2)15)8-3-7-20-9-6-16-19-20/h4-6,9,11H,3,7-8H2,1-2H3. The molecule has 21 heavy (non-hydrogen) atoms. The first kappa shape index (κ1) is 14.0. The summed E-state index contributed by atoms with van der Waals surface area (Å²) >= 11 is 6.26. The minimum atomic E-state index is -0.147. The second kappa shape index (κ2) is 5.81. The van der Waals surface area contributed by atoms with Crippen LogP contribution in [0.25, 0.3) is 11.2 Å². The van der Waals surface area contributed by atoms with E-state index in [9.17, 15) is 0 Å². The minimum absolute atomic E-state index is 0.147. The molecule has 0 radical (unpaired) electrons. The zero-order valence-corrected chi connectivity index (χ0v) is 12.8. The molecule has 0 bridgehead atoms. The summed E-state index contributed by atoms with van der Waals surface area (Å²) < 4.78 is 3.93. The highest BCUT2D eigenvalue weighted by atomic mass is 35.5. The predicted octanol–water partition coefficient (Wildman–Crippen LogP) is 2.72. The van der Waals surface area contributed by atoms with Gasteiger partial charge in [0.2, 0.25) is 0 Å². The fraction of sp³-hybridized carbons (Fsp3) is 0.429. The van der Waals surface area contributed by atoms with Gasteiger partial charge in [-0.25, -0.2) is 9.97 Å². The molecule has 0 aromatic carbocycles. The number of hydrogen-bond acceptors (Lipinski definition) is 4. The Bertz CT molecular complexity index is 731. The van der Waals surface area contributed by atoms with Crippen LogP contribution in [0.15, 0.2) is 24.5 Å². The average Bonchev–Trinajstić information content (AvgIpc) is 3.07. The van der Waals surface area contributed by atoms with Crippen molar-refractivity contribution in [3.63, 3.8) is 0 Å². The number of aryl methyl sites for hydroxylation is 3. The molecule has 1 unspecified atom stereocenters. The maximum Gasteiger partial charge on any atom is 0.160 e. The molecule has 6 nitrogen and oxygen atoms in total. The van der Waals surface area contributed by atoms with Crippen LogP contribution in [0.4, 0.5) is 0 Å². The summed E-state index contributed by atoms with van der Waals surface area (Å²) in [7, 11) is 0. The van der Waals surface area contributed by atoms with Crippen molar-refractivity contribution in [2.45, 2.75) is 38.7 Å². The largest absolute Gasteiger partial charge is 0.311 e. The topological polar surface area (TPSA) is 61.4 Å². The number of alkyl halides is 1. The monoisotopic (exact) mass is 304 g/mol. The molecular weight excluding hydrogens is 288 g/mol. The third-order valence-electron chi connectivity index (χ3n) is 3.36. The Morgan fingerprint density at radius 3 is 2.81 bits per heavy atom. The Morgan fingerprint density at radius 2 is 2.10 bits per heavy atom. The van der Waals surface area contributed by atoms with Crippen molar-refractivity contribution in [2.24, 2.45) is 0 Å². The molecule has 3 aromatic rings. The van der Waals surface area contributed by atoms with Gasteiger partial charge in [-0.3, -0.25) is 4.68 Å². The number of halogens is 1. The van der Waals surface area contributed by atoms with Crippen LogP contribution in [0.1, 0.15) is 30.2 Å². The van der Waals surface area contributed by atoms with Crippen molar-refractivity contribution in [1.29, 1.82) is 0 Å². The molecule has 3 rings (SSSR count). The van der Waals surface area contributed by atoms with Crippen LogP contribution in [0.2, 0.25) is 0 Å². The van der Waals surface area contributed by atoms with Crippen LogP contribution in [0.3, 0.4) is 0 Å². The van der Waals surface area contributed by atoms with E-state index in [2.05, 4.69) is 24.8 Å². The molecular formula is C14H17ClN6. The van der Waals surface area contributed by atoms with E-state index in [4.69, 9.17) is 11.6 Å². The fourth-order valence-corrected chi connectivity index (χ4v) is 2.55. The molecule has 0 spiro atoms. The number of fused-ring (bicyclic) bond motifs is 1. The summed E-state index contributed by atoms with van der Waals surface area (Å²) in [6.45, 7) is 5.53.